The maximum absolute atomic E-state index is 6.62. The van der Waals surface area contributed by atoms with Crippen molar-refractivity contribution in [3.05, 3.63) is 127 Å². The van der Waals surface area contributed by atoms with E-state index in [1.165, 1.54) is 10.8 Å². The molecule has 39 heavy (non-hydrogen) atoms. The number of hydrogen-bond donors (Lipinski definition) is 1. The fourth-order valence-electron chi connectivity index (χ4n) is 5.88. The predicted octanol–water partition coefficient (Wildman–Crippen LogP) is 7.99. The quantitative estimate of drug-likeness (QED) is 0.234. The molecule has 1 atom stereocenters. The Morgan fingerprint density at radius 2 is 1.15 bits per heavy atom. The Morgan fingerprint density at radius 3 is 1.90 bits per heavy atom. The van der Waals surface area contributed by atoms with Crippen LogP contribution < -0.4 is 5.32 Å². The number of nitrogens with zero attached hydrogens (tertiary/aromatic N) is 4. The van der Waals surface area contributed by atoms with Crippen molar-refractivity contribution in [3.8, 4) is 5.69 Å². The summed E-state index contributed by atoms with van der Waals surface area (Å²) in [4.78, 5) is 9.90. The van der Waals surface area contributed by atoms with Crippen molar-refractivity contribution in [2.45, 2.75) is 6.29 Å². The summed E-state index contributed by atoms with van der Waals surface area (Å²) in [5.74, 6) is 0.697. The summed E-state index contributed by atoms with van der Waals surface area (Å²) in [6.07, 6.45) is -0.579. The van der Waals surface area contributed by atoms with E-state index in [0.717, 1.165) is 44.1 Å². The molecule has 6 heteroatoms. The van der Waals surface area contributed by atoms with E-state index in [1.807, 2.05) is 30.3 Å². The Labute approximate surface area is 229 Å². The van der Waals surface area contributed by atoms with E-state index in [-0.39, 0.29) is 0 Å². The minimum Gasteiger partial charge on any atom is -0.315 e. The molecule has 0 amide bonds. The highest BCUT2D eigenvalue weighted by atomic mass is 35.5. The van der Waals surface area contributed by atoms with Gasteiger partial charge in [-0.15, -0.1) is 0 Å². The fraction of sp³-hybridized carbons (Fsp3) is 0.0303. The van der Waals surface area contributed by atoms with Crippen LogP contribution in [-0.2, 0) is 0 Å². The van der Waals surface area contributed by atoms with Crippen LogP contribution in [0.5, 0.6) is 0 Å². The molecule has 1 aliphatic rings. The molecule has 5 aromatic carbocycles. The van der Waals surface area contributed by atoms with Gasteiger partial charge in [0.2, 0.25) is 11.6 Å². The summed E-state index contributed by atoms with van der Waals surface area (Å²) in [6, 6.07) is 42.1. The highest BCUT2D eigenvalue weighted by molar-refractivity contribution is 6.66. The van der Waals surface area contributed by atoms with Crippen LogP contribution >= 0.6 is 11.6 Å². The molecule has 1 unspecified atom stereocenters. The number of amidine groups is 2. The first-order chi connectivity index (χ1) is 19.3. The average molecular weight is 524 g/mol. The van der Waals surface area contributed by atoms with Crippen LogP contribution in [0.1, 0.15) is 11.9 Å². The van der Waals surface area contributed by atoms with Crippen molar-refractivity contribution in [2.24, 2.45) is 9.98 Å². The monoisotopic (exact) mass is 523 g/mol. The summed E-state index contributed by atoms with van der Waals surface area (Å²) >= 11 is 6.62. The summed E-state index contributed by atoms with van der Waals surface area (Å²) in [5, 5.41) is 8.17. The third-order valence-electron chi connectivity index (χ3n) is 7.49. The third kappa shape index (κ3) is 3.33. The lowest BCUT2D eigenvalue weighted by Crippen LogP contribution is -2.33. The third-order valence-corrected chi connectivity index (χ3v) is 7.68. The van der Waals surface area contributed by atoms with Gasteiger partial charge in [-0.1, -0.05) is 97.1 Å². The van der Waals surface area contributed by atoms with Gasteiger partial charge in [-0.05, 0) is 35.9 Å². The number of aromatic nitrogens is 2. The molecule has 0 saturated carbocycles. The zero-order valence-corrected chi connectivity index (χ0v) is 21.5. The van der Waals surface area contributed by atoms with Crippen molar-refractivity contribution >= 4 is 66.3 Å². The Kier molecular flexibility index (Phi) is 4.87. The Bertz CT molecular complexity index is 2100. The SMILES string of the molecule is ClC1=NC(n2c3ccccc3c3ccc4c5ccccc5n(-c5ccccc5)c4c32)N=C(c2ccccc2)N1. The summed E-state index contributed by atoms with van der Waals surface area (Å²) in [6.45, 7) is 0. The van der Waals surface area contributed by atoms with E-state index in [4.69, 9.17) is 21.6 Å². The Balaban J connectivity index is 1.54. The Hall–Kier alpha value is -4.87. The van der Waals surface area contributed by atoms with Crippen molar-refractivity contribution in [2.75, 3.05) is 0 Å². The van der Waals surface area contributed by atoms with Crippen LogP contribution in [0.2, 0.25) is 0 Å². The molecule has 0 fully saturated rings. The van der Waals surface area contributed by atoms with Crippen molar-refractivity contribution in [3.63, 3.8) is 0 Å². The number of benzene rings is 5. The summed E-state index contributed by atoms with van der Waals surface area (Å²) in [7, 11) is 0. The second-order valence-corrected chi connectivity index (χ2v) is 10.0. The van der Waals surface area contributed by atoms with E-state index in [0.29, 0.717) is 11.1 Å². The molecule has 0 aliphatic carbocycles. The molecule has 0 bridgehead atoms. The molecule has 1 N–H and O–H groups in total. The molecule has 3 heterocycles. The molecule has 7 aromatic rings. The van der Waals surface area contributed by atoms with Gasteiger partial charge in [-0.3, -0.25) is 4.57 Å². The second kappa shape index (κ2) is 8.58. The highest BCUT2D eigenvalue weighted by Gasteiger charge is 2.26. The normalized spacial score (nSPS) is 15.6. The largest absolute Gasteiger partial charge is 0.315 e. The van der Waals surface area contributed by atoms with Crippen LogP contribution in [0.25, 0.3) is 49.3 Å². The lowest BCUT2D eigenvalue weighted by molar-refractivity contribution is 0.578. The van der Waals surface area contributed by atoms with E-state index in [2.05, 4.69) is 105 Å². The van der Waals surface area contributed by atoms with Gasteiger partial charge in [0, 0.05) is 32.8 Å². The van der Waals surface area contributed by atoms with Gasteiger partial charge in [-0.2, -0.15) is 0 Å². The summed E-state index contributed by atoms with van der Waals surface area (Å²) < 4.78 is 4.59. The van der Waals surface area contributed by atoms with E-state index in [1.54, 1.807) is 0 Å². The number of para-hydroxylation sites is 3. The minimum absolute atomic E-state index is 0.315. The number of aliphatic imine (C=N–C) groups is 2. The zero-order valence-electron chi connectivity index (χ0n) is 20.8. The van der Waals surface area contributed by atoms with Crippen LogP contribution in [0.15, 0.2) is 131 Å². The van der Waals surface area contributed by atoms with E-state index in [9.17, 15) is 0 Å². The van der Waals surface area contributed by atoms with Gasteiger partial charge >= 0.3 is 0 Å². The molecule has 2 aromatic heterocycles. The van der Waals surface area contributed by atoms with Crippen molar-refractivity contribution < 1.29 is 0 Å². The zero-order chi connectivity index (χ0) is 25.9. The van der Waals surface area contributed by atoms with Crippen LogP contribution in [-0.4, -0.2) is 20.3 Å². The first-order valence-corrected chi connectivity index (χ1v) is 13.3. The molecule has 0 spiro atoms. The lowest BCUT2D eigenvalue weighted by atomic mass is 10.1. The smallest absolute Gasteiger partial charge is 0.225 e. The van der Waals surface area contributed by atoms with Gasteiger partial charge in [0.15, 0.2) is 0 Å². The maximum atomic E-state index is 6.62. The molecule has 1 aliphatic heterocycles. The van der Waals surface area contributed by atoms with Gasteiger partial charge in [0.1, 0.15) is 5.84 Å². The molecule has 5 nitrogen and oxygen atoms in total. The fourth-order valence-corrected chi connectivity index (χ4v) is 6.06. The lowest BCUT2D eigenvalue weighted by Gasteiger charge is -2.22. The van der Waals surface area contributed by atoms with Gasteiger partial charge in [0.25, 0.3) is 0 Å². The topological polar surface area (TPSA) is 46.6 Å². The first-order valence-electron chi connectivity index (χ1n) is 12.9. The number of halogens is 1. The maximum Gasteiger partial charge on any atom is 0.225 e. The molecule has 0 saturated heterocycles. The first kappa shape index (κ1) is 22.1. The molecular formula is C33H22ClN5. The molecule has 8 rings (SSSR count). The number of hydrogen-bond acceptors (Lipinski definition) is 3. The summed E-state index contributed by atoms with van der Waals surface area (Å²) in [5.41, 5.74) is 6.47. The van der Waals surface area contributed by atoms with Crippen LogP contribution in [0.4, 0.5) is 0 Å². The Morgan fingerprint density at radius 1 is 0.564 bits per heavy atom. The number of nitrogens with one attached hydrogen (secondary N) is 1. The second-order valence-electron chi connectivity index (χ2n) is 9.67. The van der Waals surface area contributed by atoms with Gasteiger partial charge in [-0.25, -0.2) is 9.98 Å². The molecular weight excluding hydrogens is 502 g/mol. The van der Waals surface area contributed by atoms with E-state index >= 15 is 0 Å². The van der Waals surface area contributed by atoms with Gasteiger partial charge < -0.3 is 9.88 Å². The molecule has 186 valence electrons. The molecule has 0 radical (unpaired) electrons. The van der Waals surface area contributed by atoms with Crippen LogP contribution in [0, 0.1) is 0 Å². The number of rotatable bonds is 3. The van der Waals surface area contributed by atoms with E-state index < -0.39 is 6.29 Å². The van der Waals surface area contributed by atoms with Gasteiger partial charge in [0.05, 0.1) is 22.1 Å². The van der Waals surface area contributed by atoms with Crippen LogP contribution in [0.3, 0.4) is 0 Å². The highest BCUT2D eigenvalue weighted by Crippen LogP contribution is 2.42. The van der Waals surface area contributed by atoms with Crippen molar-refractivity contribution in [1.82, 2.24) is 14.5 Å². The standard InChI is InChI=1S/C33H22ClN5/c34-32-35-31(21-11-3-1-4-12-21)36-33(37-32)39-28-18-10-8-16-24(28)26-20-19-25-23-15-7-9-17-27(23)38(29(25)30(26)39)22-13-5-2-6-14-22/h1-20,33H,(H,35,36,37). The minimum atomic E-state index is -0.579. The average Bonchev–Trinajstić information content (AvgIpc) is 3.51. The predicted molar refractivity (Wildman–Crippen MR) is 162 cm³/mol. The van der Waals surface area contributed by atoms with Crippen molar-refractivity contribution in [1.29, 1.82) is 0 Å². The number of fused-ring (bicyclic) bond motifs is 7.